The van der Waals surface area contributed by atoms with Crippen LogP contribution in [0.25, 0.3) is 0 Å². The molecule has 0 aromatic heterocycles. The lowest BCUT2D eigenvalue weighted by atomic mass is 9.79. The lowest BCUT2D eigenvalue weighted by Crippen LogP contribution is -2.29. The average molecular weight is 380 g/mol. The van der Waals surface area contributed by atoms with Gasteiger partial charge in [0, 0.05) is 24.2 Å². The van der Waals surface area contributed by atoms with Crippen molar-refractivity contribution in [2.24, 2.45) is 0 Å². The predicted octanol–water partition coefficient (Wildman–Crippen LogP) is -0.521. The van der Waals surface area contributed by atoms with Crippen LogP contribution in [-0.4, -0.2) is 36.1 Å². The molecule has 0 atom stereocenters. The van der Waals surface area contributed by atoms with Crippen LogP contribution in [-0.2, 0) is 32.1 Å². The van der Waals surface area contributed by atoms with Gasteiger partial charge in [-0.25, -0.2) is 0 Å². The molecule has 0 spiro atoms. The van der Waals surface area contributed by atoms with Gasteiger partial charge in [-0.2, -0.15) is 0 Å². The van der Waals surface area contributed by atoms with Crippen molar-refractivity contribution in [2.45, 2.75) is 26.1 Å². The van der Waals surface area contributed by atoms with Crippen molar-refractivity contribution in [3.05, 3.63) is 47.5 Å². The van der Waals surface area contributed by atoms with Gasteiger partial charge in [-0.3, -0.25) is 9.59 Å². The second-order valence-electron chi connectivity index (χ2n) is 6.75. The summed E-state index contributed by atoms with van der Waals surface area (Å²) >= 11 is 0. The number of nitrogens with one attached hydrogen (secondary N) is 2. The molecule has 0 unspecified atom stereocenters. The van der Waals surface area contributed by atoms with Gasteiger partial charge < -0.3 is 30.0 Å². The van der Waals surface area contributed by atoms with Crippen LogP contribution in [0.4, 0.5) is 11.4 Å². The Morgan fingerprint density at radius 1 is 0.821 bits per heavy atom. The summed E-state index contributed by atoms with van der Waals surface area (Å²) in [6.07, 6.45) is 0.0251. The monoisotopic (exact) mass is 380 g/mol. The normalized spacial score (nSPS) is 14.6. The molecule has 0 aliphatic carbocycles. The molecule has 2 aliphatic rings. The van der Waals surface area contributed by atoms with Crippen molar-refractivity contribution in [3.8, 4) is 0 Å². The first-order valence-corrected chi connectivity index (χ1v) is 8.94. The first kappa shape index (κ1) is 18.7. The molecule has 0 saturated heterocycles. The summed E-state index contributed by atoms with van der Waals surface area (Å²) in [5, 5.41) is 24.9. The Labute approximate surface area is 162 Å². The van der Waals surface area contributed by atoms with Crippen molar-refractivity contribution in [2.75, 3.05) is 10.6 Å². The zero-order valence-electron chi connectivity index (χ0n) is 15.0. The minimum absolute atomic E-state index is 0.0125. The van der Waals surface area contributed by atoms with E-state index in [0.29, 0.717) is 35.5 Å². The molecule has 2 aromatic rings. The highest BCUT2D eigenvalue weighted by Crippen LogP contribution is 2.16. The predicted molar refractivity (Wildman–Crippen MR) is 104 cm³/mol. The smallest absolute Gasteiger partial charge is 0.423 e. The average Bonchev–Trinajstić information content (AvgIpc) is 3.23. The lowest BCUT2D eigenvalue weighted by Gasteiger charge is -2.09. The maximum absolute atomic E-state index is 12.1. The van der Waals surface area contributed by atoms with Gasteiger partial charge in [0.05, 0.1) is 13.2 Å². The number of amides is 2. The summed E-state index contributed by atoms with van der Waals surface area (Å²) in [4.78, 5) is 24.2. The van der Waals surface area contributed by atoms with E-state index in [4.69, 9.17) is 9.31 Å². The molecule has 28 heavy (non-hydrogen) atoms. The summed E-state index contributed by atoms with van der Waals surface area (Å²) in [6.45, 7) is 0.688. The van der Waals surface area contributed by atoms with Gasteiger partial charge in [0.15, 0.2) is 0 Å². The first-order chi connectivity index (χ1) is 13.5. The van der Waals surface area contributed by atoms with Gasteiger partial charge in [-0.05, 0) is 46.3 Å². The van der Waals surface area contributed by atoms with E-state index in [1.165, 1.54) is 0 Å². The Balaban J connectivity index is 1.29. The summed E-state index contributed by atoms with van der Waals surface area (Å²) in [5.74, 6) is -0.609. The summed E-state index contributed by atoms with van der Waals surface area (Å²) < 4.78 is 10.2. The Kier molecular flexibility index (Phi) is 5.19. The molecule has 2 amide bonds. The second-order valence-corrected chi connectivity index (χ2v) is 6.75. The van der Waals surface area contributed by atoms with Crippen molar-refractivity contribution >= 4 is 48.4 Å². The van der Waals surface area contributed by atoms with E-state index in [2.05, 4.69) is 10.6 Å². The highest BCUT2D eigenvalue weighted by Gasteiger charge is 2.28. The molecule has 0 fully saturated rings. The third-order valence-corrected chi connectivity index (χ3v) is 4.76. The lowest BCUT2D eigenvalue weighted by molar-refractivity contribution is -0.121. The van der Waals surface area contributed by atoms with Crippen LogP contribution < -0.4 is 21.6 Å². The molecule has 10 heteroatoms. The van der Waals surface area contributed by atoms with E-state index in [1.54, 1.807) is 36.4 Å². The third-order valence-electron chi connectivity index (χ3n) is 4.76. The molecule has 2 heterocycles. The SMILES string of the molecule is O=C(CCC(=O)Nc1ccc2c(c1)B(O)OC2)Nc1ccc2c(c1)B(O)OC2. The fourth-order valence-electron chi connectivity index (χ4n) is 3.26. The number of carbonyl (C=O) groups is 2. The van der Waals surface area contributed by atoms with Crippen molar-refractivity contribution in [1.82, 2.24) is 0 Å². The van der Waals surface area contributed by atoms with Crippen molar-refractivity contribution in [3.63, 3.8) is 0 Å². The van der Waals surface area contributed by atoms with E-state index in [0.717, 1.165) is 11.1 Å². The Hall–Kier alpha value is -2.65. The van der Waals surface area contributed by atoms with Crippen LogP contribution in [0.2, 0.25) is 0 Å². The molecular formula is C18H18B2N2O6. The molecule has 0 bridgehead atoms. The topological polar surface area (TPSA) is 117 Å². The largest absolute Gasteiger partial charge is 0.491 e. The highest BCUT2D eigenvalue weighted by molar-refractivity contribution is 6.62. The fraction of sp³-hybridized carbons (Fsp3) is 0.222. The highest BCUT2D eigenvalue weighted by atomic mass is 16.5. The van der Waals surface area contributed by atoms with Crippen molar-refractivity contribution in [1.29, 1.82) is 0 Å². The van der Waals surface area contributed by atoms with Gasteiger partial charge in [0.1, 0.15) is 0 Å². The van der Waals surface area contributed by atoms with Crippen LogP contribution in [0.1, 0.15) is 24.0 Å². The van der Waals surface area contributed by atoms with Crippen molar-refractivity contribution < 1.29 is 28.9 Å². The van der Waals surface area contributed by atoms with E-state index < -0.39 is 14.2 Å². The van der Waals surface area contributed by atoms with Gasteiger partial charge in [-0.1, -0.05) is 12.1 Å². The Morgan fingerprint density at radius 2 is 1.25 bits per heavy atom. The molecule has 0 radical (unpaired) electrons. The van der Waals surface area contributed by atoms with Gasteiger partial charge in [-0.15, -0.1) is 0 Å². The standard InChI is InChI=1S/C18H18B2N2O6/c23-17(21-13-3-1-11-9-27-19(25)15(11)7-13)5-6-18(24)22-14-4-2-12-10-28-20(26)16(12)8-14/h1-4,7-8,25-26H,5-6,9-10H2,(H,21,23)(H,22,24). The molecule has 4 rings (SSSR count). The fourth-order valence-corrected chi connectivity index (χ4v) is 3.26. The van der Waals surface area contributed by atoms with E-state index in [1.807, 2.05) is 0 Å². The molecule has 8 nitrogen and oxygen atoms in total. The van der Waals surface area contributed by atoms with Crippen LogP contribution in [0.5, 0.6) is 0 Å². The number of hydrogen-bond donors (Lipinski definition) is 4. The van der Waals surface area contributed by atoms with Gasteiger partial charge in [0.2, 0.25) is 11.8 Å². The first-order valence-electron chi connectivity index (χ1n) is 8.94. The number of carbonyl (C=O) groups excluding carboxylic acids is 2. The van der Waals surface area contributed by atoms with Gasteiger partial charge in [0.25, 0.3) is 0 Å². The molecule has 2 aliphatic heterocycles. The number of fused-ring (bicyclic) bond motifs is 2. The minimum atomic E-state index is -0.978. The summed E-state index contributed by atoms with van der Waals surface area (Å²) in [6, 6.07) is 10.4. The summed E-state index contributed by atoms with van der Waals surface area (Å²) in [5.41, 5.74) is 4.13. The van der Waals surface area contributed by atoms with E-state index in [-0.39, 0.29) is 24.7 Å². The number of anilines is 2. The molecule has 0 saturated carbocycles. The van der Waals surface area contributed by atoms with Crippen LogP contribution >= 0.6 is 0 Å². The number of hydrogen-bond acceptors (Lipinski definition) is 6. The Bertz CT molecular complexity index is 863. The molecule has 142 valence electrons. The Morgan fingerprint density at radius 3 is 1.68 bits per heavy atom. The number of rotatable bonds is 5. The van der Waals surface area contributed by atoms with Gasteiger partial charge >= 0.3 is 14.2 Å². The van der Waals surface area contributed by atoms with Crippen LogP contribution in [0.3, 0.4) is 0 Å². The second kappa shape index (κ2) is 7.76. The van der Waals surface area contributed by atoms with Crippen LogP contribution in [0.15, 0.2) is 36.4 Å². The zero-order chi connectivity index (χ0) is 19.7. The molecular weight excluding hydrogens is 362 g/mol. The molecule has 4 N–H and O–H groups in total. The molecule has 2 aromatic carbocycles. The third kappa shape index (κ3) is 3.95. The minimum Gasteiger partial charge on any atom is -0.423 e. The maximum Gasteiger partial charge on any atom is 0.491 e. The zero-order valence-corrected chi connectivity index (χ0v) is 15.0. The van der Waals surface area contributed by atoms with E-state index in [9.17, 15) is 19.6 Å². The van der Waals surface area contributed by atoms with E-state index >= 15 is 0 Å². The summed E-state index contributed by atoms with van der Waals surface area (Å²) in [7, 11) is -1.96. The number of benzene rings is 2. The van der Waals surface area contributed by atoms with Crippen LogP contribution in [0, 0.1) is 0 Å². The maximum atomic E-state index is 12.1. The quantitative estimate of drug-likeness (QED) is 0.519.